The fourth-order valence-electron chi connectivity index (χ4n) is 2.16. The maximum Gasteiger partial charge on any atom is 0.216 e. The lowest BCUT2D eigenvalue weighted by molar-refractivity contribution is 0.171. The quantitative estimate of drug-likeness (QED) is 0.703. The van der Waals surface area contributed by atoms with Crippen LogP contribution in [0.5, 0.6) is 0 Å². The van der Waals surface area contributed by atoms with Crippen molar-refractivity contribution in [3.05, 3.63) is 23.2 Å². The van der Waals surface area contributed by atoms with Crippen molar-refractivity contribution in [3.8, 4) is 0 Å². The van der Waals surface area contributed by atoms with Crippen molar-refractivity contribution in [1.29, 1.82) is 0 Å². The highest BCUT2D eigenvalue weighted by molar-refractivity contribution is 6.69. The van der Waals surface area contributed by atoms with Crippen LogP contribution in [-0.4, -0.2) is 33.4 Å². The standard InChI is InChI=1S/C12H26O3Si3/c1-9-11(14-17-4)10(13-16-3)8-12(9,2)15-18(5,6)7/h8H,16-17H2,1-7H3. The summed E-state index contributed by atoms with van der Waals surface area (Å²) >= 11 is 0. The lowest BCUT2D eigenvalue weighted by atomic mass is 10.0. The molecule has 0 heterocycles. The van der Waals surface area contributed by atoms with Gasteiger partial charge in [-0.2, -0.15) is 0 Å². The zero-order valence-corrected chi connectivity index (χ0v) is 16.5. The summed E-state index contributed by atoms with van der Waals surface area (Å²) in [6.07, 6.45) is 2.11. The van der Waals surface area contributed by atoms with E-state index in [4.69, 9.17) is 13.3 Å². The monoisotopic (exact) mass is 302 g/mol. The minimum absolute atomic E-state index is 0.345. The van der Waals surface area contributed by atoms with Crippen LogP contribution < -0.4 is 0 Å². The topological polar surface area (TPSA) is 27.7 Å². The summed E-state index contributed by atoms with van der Waals surface area (Å²) < 4.78 is 18.0. The Labute approximate surface area is 117 Å². The zero-order chi connectivity index (χ0) is 14.0. The molecule has 1 aliphatic rings. The summed E-state index contributed by atoms with van der Waals surface area (Å²) in [7, 11) is -2.59. The van der Waals surface area contributed by atoms with E-state index in [1.807, 2.05) is 0 Å². The molecule has 0 aromatic rings. The second-order valence-corrected chi connectivity index (χ2v) is 11.8. The van der Waals surface area contributed by atoms with Crippen molar-refractivity contribution in [1.82, 2.24) is 0 Å². The normalized spacial score (nSPS) is 25.6. The molecule has 0 saturated carbocycles. The first kappa shape index (κ1) is 15.7. The van der Waals surface area contributed by atoms with Crippen molar-refractivity contribution >= 4 is 27.8 Å². The summed E-state index contributed by atoms with van der Waals surface area (Å²) in [5.74, 6) is 1.86. The van der Waals surface area contributed by atoms with Gasteiger partial charge in [0.15, 0.2) is 8.32 Å². The average molecular weight is 303 g/mol. The zero-order valence-electron chi connectivity index (χ0n) is 12.7. The molecular weight excluding hydrogens is 276 g/mol. The van der Waals surface area contributed by atoms with Crippen LogP contribution in [0.25, 0.3) is 0 Å². The first-order valence-corrected chi connectivity index (χ1v) is 14.0. The Morgan fingerprint density at radius 2 is 1.67 bits per heavy atom. The number of hydrogen-bond acceptors (Lipinski definition) is 3. The molecule has 1 unspecified atom stereocenters. The third-order valence-electron chi connectivity index (χ3n) is 2.82. The Morgan fingerprint density at radius 1 is 1.11 bits per heavy atom. The maximum absolute atomic E-state index is 6.33. The molecule has 0 fully saturated rings. The average Bonchev–Trinajstić information content (AvgIpc) is 2.41. The Kier molecular flexibility index (Phi) is 5.05. The van der Waals surface area contributed by atoms with Gasteiger partial charge in [0, 0.05) is 5.57 Å². The summed E-state index contributed by atoms with van der Waals surface area (Å²) in [5.41, 5.74) is 0.819. The molecule has 1 rings (SSSR count). The third-order valence-corrected chi connectivity index (χ3v) is 5.04. The van der Waals surface area contributed by atoms with E-state index in [9.17, 15) is 0 Å². The molecule has 0 bridgehead atoms. The largest absolute Gasteiger partial charge is 0.547 e. The smallest absolute Gasteiger partial charge is 0.216 e. The molecule has 3 nitrogen and oxygen atoms in total. The minimum atomic E-state index is -1.61. The van der Waals surface area contributed by atoms with Gasteiger partial charge < -0.3 is 13.3 Å². The number of rotatable bonds is 6. The molecule has 1 aliphatic carbocycles. The van der Waals surface area contributed by atoms with E-state index in [-0.39, 0.29) is 5.60 Å². The van der Waals surface area contributed by atoms with Crippen molar-refractivity contribution in [2.75, 3.05) is 0 Å². The third kappa shape index (κ3) is 3.60. The molecule has 104 valence electrons. The molecule has 1 atom stereocenters. The van der Waals surface area contributed by atoms with Crippen LogP contribution in [0.2, 0.25) is 32.7 Å². The van der Waals surface area contributed by atoms with Gasteiger partial charge >= 0.3 is 0 Å². The molecule has 0 spiro atoms. The van der Waals surface area contributed by atoms with Gasteiger partial charge in [0.25, 0.3) is 0 Å². The predicted molar refractivity (Wildman–Crippen MR) is 84.6 cm³/mol. The summed E-state index contributed by atoms with van der Waals surface area (Å²) in [6.45, 7) is 15.1. The highest BCUT2D eigenvalue weighted by atomic mass is 28.4. The number of hydrogen-bond donors (Lipinski definition) is 0. The van der Waals surface area contributed by atoms with E-state index in [2.05, 4.69) is 52.7 Å². The fraction of sp³-hybridized carbons (Fsp3) is 0.667. The van der Waals surface area contributed by atoms with Crippen molar-refractivity contribution in [2.24, 2.45) is 0 Å². The van der Waals surface area contributed by atoms with Crippen molar-refractivity contribution in [2.45, 2.75) is 52.2 Å². The van der Waals surface area contributed by atoms with E-state index in [0.717, 1.165) is 17.1 Å². The molecule has 6 heteroatoms. The van der Waals surface area contributed by atoms with E-state index >= 15 is 0 Å². The van der Waals surface area contributed by atoms with Gasteiger partial charge in [-0.1, -0.05) is 0 Å². The van der Waals surface area contributed by atoms with Crippen LogP contribution in [0, 0.1) is 0 Å². The Bertz CT molecular complexity index is 371. The van der Waals surface area contributed by atoms with Crippen LogP contribution in [0.3, 0.4) is 0 Å². The van der Waals surface area contributed by atoms with E-state index in [1.165, 1.54) is 0 Å². The Morgan fingerprint density at radius 3 is 2.11 bits per heavy atom. The van der Waals surface area contributed by atoms with Gasteiger partial charge in [-0.3, -0.25) is 0 Å². The van der Waals surface area contributed by atoms with Gasteiger partial charge in [0.05, 0.1) is 0 Å². The van der Waals surface area contributed by atoms with Crippen LogP contribution in [0.15, 0.2) is 23.2 Å². The summed E-state index contributed by atoms with van der Waals surface area (Å²) in [5, 5.41) is 0. The molecular formula is C12H26O3Si3. The van der Waals surface area contributed by atoms with Gasteiger partial charge in [0.1, 0.15) is 17.1 Å². The Balaban J connectivity index is 3.07. The second-order valence-electron chi connectivity index (χ2n) is 5.65. The lowest BCUT2D eigenvalue weighted by Gasteiger charge is -2.32. The van der Waals surface area contributed by atoms with Gasteiger partial charge in [-0.25, -0.2) is 0 Å². The maximum atomic E-state index is 6.33. The van der Waals surface area contributed by atoms with E-state index in [0.29, 0.717) is 0 Å². The van der Waals surface area contributed by atoms with E-state index < -0.39 is 27.8 Å². The molecule has 18 heavy (non-hydrogen) atoms. The second kappa shape index (κ2) is 5.77. The highest BCUT2D eigenvalue weighted by Gasteiger charge is 2.39. The molecule has 0 radical (unpaired) electrons. The van der Waals surface area contributed by atoms with Gasteiger partial charge in [0.2, 0.25) is 19.5 Å². The fourth-order valence-corrected chi connectivity index (χ4v) is 4.82. The van der Waals surface area contributed by atoms with Gasteiger partial charge in [-0.15, -0.1) is 0 Å². The minimum Gasteiger partial charge on any atom is -0.547 e. The van der Waals surface area contributed by atoms with E-state index in [1.54, 1.807) is 0 Å². The Hall–Kier alpha value is -0.309. The van der Waals surface area contributed by atoms with Crippen LogP contribution >= 0.6 is 0 Å². The highest BCUT2D eigenvalue weighted by Crippen LogP contribution is 2.39. The first-order chi connectivity index (χ1) is 8.23. The summed E-state index contributed by atoms with van der Waals surface area (Å²) in [6, 6.07) is 0. The molecule has 0 aromatic heterocycles. The molecule has 0 N–H and O–H groups in total. The van der Waals surface area contributed by atoms with Gasteiger partial charge in [-0.05, 0) is 52.7 Å². The molecule has 0 amide bonds. The first-order valence-electron chi connectivity index (χ1n) is 6.64. The van der Waals surface area contributed by atoms with Crippen LogP contribution in [0.1, 0.15) is 13.8 Å². The van der Waals surface area contributed by atoms with Crippen molar-refractivity contribution in [3.63, 3.8) is 0 Å². The molecule has 0 saturated heterocycles. The van der Waals surface area contributed by atoms with Crippen LogP contribution in [0.4, 0.5) is 0 Å². The molecule has 0 aliphatic heterocycles. The SMILES string of the molecule is C[SiH2]OC1=CC(C)(O[Si](C)(C)C)C(C)=C1O[SiH2]C. The van der Waals surface area contributed by atoms with Crippen LogP contribution in [-0.2, 0) is 13.3 Å². The lowest BCUT2D eigenvalue weighted by Crippen LogP contribution is -2.39. The summed E-state index contributed by atoms with van der Waals surface area (Å²) in [4.78, 5) is 0. The molecule has 0 aromatic carbocycles. The van der Waals surface area contributed by atoms with Crippen molar-refractivity contribution < 1.29 is 13.3 Å². The predicted octanol–water partition coefficient (Wildman–Crippen LogP) is 2.07.